The van der Waals surface area contributed by atoms with Gasteiger partial charge < -0.3 is 10.1 Å². The van der Waals surface area contributed by atoms with Crippen molar-refractivity contribution in [3.63, 3.8) is 0 Å². The van der Waals surface area contributed by atoms with Crippen LogP contribution in [0.25, 0.3) is 0 Å². The van der Waals surface area contributed by atoms with E-state index in [9.17, 15) is 18.0 Å². The summed E-state index contributed by atoms with van der Waals surface area (Å²) in [5.41, 5.74) is -0.258. The predicted octanol–water partition coefficient (Wildman–Crippen LogP) is 5.34. The zero-order chi connectivity index (χ0) is 17.9. The van der Waals surface area contributed by atoms with E-state index in [4.69, 9.17) is 27.9 Å². The average Bonchev–Trinajstić information content (AvgIpc) is 2.49. The molecule has 3 nitrogen and oxygen atoms in total. The largest absolute Gasteiger partial charge is 0.484 e. The van der Waals surface area contributed by atoms with Crippen LogP contribution in [0.15, 0.2) is 36.4 Å². The predicted molar refractivity (Wildman–Crippen MR) is 86.8 cm³/mol. The first-order valence-electron chi connectivity index (χ1n) is 6.72. The van der Waals surface area contributed by atoms with Gasteiger partial charge in [-0.05, 0) is 48.9 Å². The van der Waals surface area contributed by atoms with Gasteiger partial charge >= 0.3 is 6.18 Å². The van der Waals surface area contributed by atoms with Crippen LogP contribution >= 0.6 is 23.2 Å². The lowest BCUT2D eigenvalue weighted by Gasteiger charge is -2.12. The Morgan fingerprint density at radius 2 is 1.79 bits per heavy atom. The van der Waals surface area contributed by atoms with E-state index in [0.717, 1.165) is 17.7 Å². The van der Waals surface area contributed by atoms with Crippen LogP contribution < -0.4 is 10.1 Å². The summed E-state index contributed by atoms with van der Waals surface area (Å²) in [6.45, 7) is 1.42. The highest BCUT2D eigenvalue weighted by atomic mass is 35.5. The molecule has 0 saturated carbocycles. The van der Waals surface area contributed by atoms with Crippen molar-refractivity contribution in [2.75, 3.05) is 11.9 Å². The van der Waals surface area contributed by atoms with Crippen molar-refractivity contribution in [2.45, 2.75) is 13.1 Å². The van der Waals surface area contributed by atoms with Crippen LogP contribution in [0.5, 0.6) is 5.75 Å². The van der Waals surface area contributed by atoms with E-state index in [2.05, 4.69) is 5.32 Å². The molecule has 0 fully saturated rings. The number of hydrogen-bond donors (Lipinski definition) is 1. The number of halogens is 5. The van der Waals surface area contributed by atoms with Crippen LogP contribution in [-0.2, 0) is 11.0 Å². The smallest absolute Gasteiger partial charge is 0.417 e. The minimum absolute atomic E-state index is 0.0207. The molecular weight excluding hydrogens is 366 g/mol. The van der Waals surface area contributed by atoms with Gasteiger partial charge in [0.2, 0.25) is 0 Å². The molecule has 0 saturated heterocycles. The number of rotatable bonds is 4. The molecule has 0 unspecified atom stereocenters. The lowest BCUT2D eigenvalue weighted by Crippen LogP contribution is -2.20. The number of nitrogens with one attached hydrogen (secondary N) is 1. The Hall–Kier alpha value is -1.92. The zero-order valence-electron chi connectivity index (χ0n) is 12.4. The molecule has 1 N–H and O–H groups in total. The molecule has 0 heterocycles. The summed E-state index contributed by atoms with van der Waals surface area (Å²) in [6, 6.07) is 7.99. The van der Waals surface area contributed by atoms with E-state index in [0.29, 0.717) is 10.8 Å². The van der Waals surface area contributed by atoms with Crippen LogP contribution in [-0.4, -0.2) is 12.5 Å². The molecule has 24 heavy (non-hydrogen) atoms. The fourth-order valence-corrected chi connectivity index (χ4v) is 2.22. The molecule has 0 bridgehead atoms. The summed E-state index contributed by atoms with van der Waals surface area (Å²) >= 11 is 11.4. The molecule has 0 atom stereocenters. The number of benzene rings is 2. The quantitative estimate of drug-likeness (QED) is 0.780. The van der Waals surface area contributed by atoms with Crippen molar-refractivity contribution in [2.24, 2.45) is 0 Å². The highest BCUT2D eigenvalue weighted by molar-refractivity contribution is 6.31. The maximum absolute atomic E-state index is 12.8. The molecule has 0 radical (unpaired) electrons. The van der Waals surface area contributed by atoms with Gasteiger partial charge in [0, 0.05) is 10.7 Å². The standard InChI is InChI=1S/C16H12Cl2F3NO2/c1-9-6-11(3-5-13(9)17)24-8-15(23)22-10-2-4-14(18)12(7-10)16(19,20)21/h2-7H,8H2,1H3,(H,22,23). The molecule has 0 aliphatic rings. The summed E-state index contributed by atoms with van der Waals surface area (Å²) in [4.78, 5) is 11.8. The van der Waals surface area contributed by atoms with E-state index in [1.54, 1.807) is 25.1 Å². The first kappa shape index (κ1) is 18.4. The number of anilines is 1. The first-order chi connectivity index (χ1) is 11.2. The molecule has 0 aliphatic heterocycles. The van der Waals surface area contributed by atoms with E-state index < -0.39 is 22.7 Å². The van der Waals surface area contributed by atoms with Crippen molar-refractivity contribution < 1.29 is 22.7 Å². The van der Waals surface area contributed by atoms with Crippen molar-refractivity contribution in [3.8, 4) is 5.75 Å². The summed E-state index contributed by atoms with van der Waals surface area (Å²) in [7, 11) is 0. The van der Waals surface area contributed by atoms with E-state index >= 15 is 0 Å². The highest BCUT2D eigenvalue weighted by Gasteiger charge is 2.33. The molecule has 8 heteroatoms. The summed E-state index contributed by atoms with van der Waals surface area (Å²) in [5, 5.41) is 2.46. The Bertz CT molecular complexity index is 763. The van der Waals surface area contributed by atoms with Gasteiger partial charge in [-0.3, -0.25) is 4.79 Å². The fraction of sp³-hybridized carbons (Fsp3) is 0.188. The Kier molecular flexibility index (Phi) is 5.62. The van der Waals surface area contributed by atoms with Crippen molar-refractivity contribution in [3.05, 3.63) is 57.6 Å². The lowest BCUT2D eigenvalue weighted by atomic mass is 10.2. The molecule has 2 aromatic rings. The zero-order valence-corrected chi connectivity index (χ0v) is 13.9. The highest BCUT2D eigenvalue weighted by Crippen LogP contribution is 2.36. The number of aryl methyl sites for hydroxylation is 1. The average molecular weight is 378 g/mol. The van der Waals surface area contributed by atoms with Gasteiger partial charge in [-0.25, -0.2) is 0 Å². The normalized spacial score (nSPS) is 11.2. The summed E-state index contributed by atoms with van der Waals surface area (Å²) < 4.78 is 43.6. The SMILES string of the molecule is Cc1cc(OCC(=O)Nc2ccc(Cl)c(C(F)(F)F)c2)ccc1Cl. The topological polar surface area (TPSA) is 38.3 Å². The molecule has 2 aromatic carbocycles. The van der Waals surface area contributed by atoms with E-state index in [1.807, 2.05) is 0 Å². The molecule has 0 aromatic heterocycles. The summed E-state index contributed by atoms with van der Waals surface area (Å²) in [6.07, 6.45) is -4.60. The monoisotopic (exact) mass is 377 g/mol. The van der Waals surface area contributed by atoms with Crippen molar-refractivity contribution >= 4 is 34.8 Å². The number of carbonyl (C=O) groups is 1. The summed E-state index contributed by atoms with van der Waals surface area (Å²) in [5.74, 6) is -0.169. The fourth-order valence-electron chi connectivity index (χ4n) is 1.87. The number of hydrogen-bond acceptors (Lipinski definition) is 2. The van der Waals surface area contributed by atoms with Crippen LogP contribution in [0.3, 0.4) is 0 Å². The Labute approximate surface area is 146 Å². The molecule has 0 spiro atoms. The second kappa shape index (κ2) is 7.32. The molecule has 0 aliphatic carbocycles. The molecule has 2 rings (SSSR count). The first-order valence-corrected chi connectivity index (χ1v) is 7.48. The van der Waals surface area contributed by atoms with Crippen LogP contribution in [0, 0.1) is 6.92 Å². The second-order valence-corrected chi connectivity index (χ2v) is 5.75. The second-order valence-electron chi connectivity index (χ2n) is 4.94. The molecule has 1 amide bonds. The van der Waals surface area contributed by atoms with Gasteiger partial charge in [0.05, 0.1) is 10.6 Å². The van der Waals surface area contributed by atoms with Gasteiger partial charge in [0.1, 0.15) is 5.75 Å². The van der Waals surface area contributed by atoms with Gasteiger partial charge in [-0.15, -0.1) is 0 Å². The molecule has 128 valence electrons. The van der Waals surface area contributed by atoms with Gasteiger partial charge in [-0.1, -0.05) is 23.2 Å². The van der Waals surface area contributed by atoms with Gasteiger partial charge in [0.15, 0.2) is 6.61 Å². The lowest BCUT2D eigenvalue weighted by molar-refractivity contribution is -0.137. The third-order valence-corrected chi connectivity index (χ3v) is 3.81. The molecular formula is C16H12Cl2F3NO2. The van der Waals surface area contributed by atoms with Gasteiger partial charge in [-0.2, -0.15) is 13.2 Å². The van der Waals surface area contributed by atoms with Crippen molar-refractivity contribution in [1.29, 1.82) is 0 Å². The third-order valence-electron chi connectivity index (χ3n) is 3.05. The number of amides is 1. The van der Waals surface area contributed by atoms with E-state index in [1.165, 1.54) is 6.07 Å². The minimum Gasteiger partial charge on any atom is -0.484 e. The minimum atomic E-state index is -4.60. The van der Waals surface area contributed by atoms with Crippen LogP contribution in [0.1, 0.15) is 11.1 Å². The maximum atomic E-state index is 12.8. The Balaban J connectivity index is 2.01. The maximum Gasteiger partial charge on any atom is 0.417 e. The Morgan fingerprint density at radius 3 is 2.42 bits per heavy atom. The van der Waals surface area contributed by atoms with E-state index in [-0.39, 0.29) is 12.3 Å². The van der Waals surface area contributed by atoms with Gasteiger partial charge in [0.25, 0.3) is 5.91 Å². The van der Waals surface area contributed by atoms with Crippen LogP contribution in [0.2, 0.25) is 10.0 Å². The Morgan fingerprint density at radius 1 is 1.12 bits per heavy atom. The van der Waals surface area contributed by atoms with Crippen molar-refractivity contribution in [1.82, 2.24) is 0 Å². The number of alkyl halides is 3. The number of ether oxygens (including phenoxy) is 1. The third kappa shape index (κ3) is 4.79. The number of carbonyl (C=O) groups excluding carboxylic acids is 1. The van der Waals surface area contributed by atoms with Crippen LogP contribution in [0.4, 0.5) is 18.9 Å².